The fourth-order valence-corrected chi connectivity index (χ4v) is 2.79. The van der Waals surface area contributed by atoms with Crippen LogP contribution in [0.25, 0.3) is 0 Å². The van der Waals surface area contributed by atoms with Gasteiger partial charge in [-0.15, -0.1) is 0 Å². The second-order valence-electron chi connectivity index (χ2n) is 2.88. The Morgan fingerprint density at radius 3 is 2.25 bits per heavy atom. The quantitative estimate of drug-likeness (QED) is 0.772. The van der Waals surface area contributed by atoms with Crippen molar-refractivity contribution < 1.29 is 5.11 Å². The SMILES string of the molecule is C[C@H]([Se]c1ccccc1)[C@@H](C)O. The van der Waals surface area contributed by atoms with Gasteiger partial charge in [0, 0.05) is 0 Å². The average Bonchev–Trinajstić information content (AvgIpc) is 2.06. The second kappa shape index (κ2) is 4.66. The summed E-state index contributed by atoms with van der Waals surface area (Å²) in [6.45, 7) is 3.95. The molecule has 1 aromatic carbocycles. The molecule has 2 heteroatoms. The molecule has 0 aliphatic carbocycles. The molecule has 0 amide bonds. The molecule has 0 radical (unpaired) electrons. The van der Waals surface area contributed by atoms with E-state index in [9.17, 15) is 5.11 Å². The van der Waals surface area contributed by atoms with Crippen molar-refractivity contribution in [1.29, 1.82) is 0 Å². The molecule has 0 aliphatic heterocycles. The van der Waals surface area contributed by atoms with Crippen molar-refractivity contribution in [2.24, 2.45) is 0 Å². The Morgan fingerprint density at radius 1 is 1.17 bits per heavy atom. The number of benzene rings is 1. The van der Waals surface area contributed by atoms with E-state index >= 15 is 0 Å². The van der Waals surface area contributed by atoms with E-state index in [0.29, 0.717) is 19.8 Å². The monoisotopic (exact) mass is 230 g/mol. The van der Waals surface area contributed by atoms with Gasteiger partial charge in [0.15, 0.2) is 0 Å². The zero-order chi connectivity index (χ0) is 8.97. The Balaban J connectivity index is 2.53. The summed E-state index contributed by atoms with van der Waals surface area (Å²) in [6.07, 6.45) is -0.190. The first-order valence-corrected chi connectivity index (χ1v) is 5.94. The molecule has 0 saturated heterocycles. The number of aliphatic hydroxyl groups excluding tert-OH is 1. The number of rotatable bonds is 3. The standard InChI is InChI=1S/C10H14OSe/c1-8(11)9(2)12-10-6-4-3-5-7-10/h3-9,11H,1-2H3/t8-,9+/m1/s1. The molecule has 66 valence electrons. The zero-order valence-corrected chi connectivity index (χ0v) is 9.11. The topological polar surface area (TPSA) is 20.2 Å². The second-order valence-corrected chi connectivity index (χ2v) is 5.92. The molecule has 0 aliphatic rings. The van der Waals surface area contributed by atoms with E-state index in [1.165, 1.54) is 4.46 Å². The average molecular weight is 229 g/mol. The predicted molar refractivity (Wildman–Crippen MR) is 52.9 cm³/mol. The van der Waals surface area contributed by atoms with Gasteiger partial charge in [-0.05, 0) is 0 Å². The van der Waals surface area contributed by atoms with Crippen LogP contribution in [0.2, 0.25) is 4.82 Å². The number of hydrogen-bond acceptors (Lipinski definition) is 1. The van der Waals surface area contributed by atoms with Crippen LogP contribution >= 0.6 is 0 Å². The number of hydrogen-bond donors (Lipinski definition) is 1. The number of aliphatic hydroxyl groups is 1. The molecule has 0 aromatic heterocycles. The van der Waals surface area contributed by atoms with Crippen molar-refractivity contribution in [3.8, 4) is 0 Å². The molecule has 1 rings (SSSR count). The van der Waals surface area contributed by atoms with Crippen molar-refractivity contribution in [3.63, 3.8) is 0 Å². The van der Waals surface area contributed by atoms with Gasteiger partial charge in [-0.2, -0.15) is 0 Å². The molecular weight excluding hydrogens is 215 g/mol. The summed E-state index contributed by atoms with van der Waals surface area (Å²) in [4.78, 5) is 0.403. The molecule has 0 saturated carbocycles. The van der Waals surface area contributed by atoms with Gasteiger partial charge in [-0.1, -0.05) is 0 Å². The van der Waals surface area contributed by atoms with Crippen LogP contribution in [0.4, 0.5) is 0 Å². The summed E-state index contributed by atoms with van der Waals surface area (Å²) in [5.74, 6) is 0. The predicted octanol–water partition coefficient (Wildman–Crippen LogP) is 1.21. The van der Waals surface area contributed by atoms with Crippen LogP contribution in [0.15, 0.2) is 30.3 Å². The van der Waals surface area contributed by atoms with Gasteiger partial charge >= 0.3 is 79.6 Å². The van der Waals surface area contributed by atoms with Gasteiger partial charge in [-0.25, -0.2) is 0 Å². The molecule has 0 unspecified atom stereocenters. The van der Waals surface area contributed by atoms with Crippen LogP contribution in [-0.4, -0.2) is 26.2 Å². The maximum absolute atomic E-state index is 9.30. The van der Waals surface area contributed by atoms with Crippen LogP contribution in [0.3, 0.4) is 0 Å². The molecule has 0 spiro atoms. The Kier molecular flexibility index (Phi) is 3.80. The first-order chi connectivity index (χ1) is 5.70. The van der Waals surface area contributed by atoms with Crippen LogP contribution in [0.5, 0.6) is 0 Å². The summed E-state index contributed by atoms with van der Waals surface area (Å²) in [5.41, 5.74) is 0. The van der Waals surface area contributed by atoms with Gasteiger partial charge in [0.05, 0.1) is 0 Å². The van der Waals surface area contributed by atoms with Crippen molar-refractivity contribution in [3.05, 3.63) is 30.3 Å². The molecule has 1 aromatic rings. The summed E-state index contributed by atoms with van der Waals surface area (Å²) >= 11 is 0.398. The summed E-state index contributed by atoms with van der Waals surface area (Å²) in [6, 6.07) is 10.4. The minimum absolute atomic E-state index is 0.190. The van der Waals surface area contributed by atoms with E-state index < -0.39 is 0 Å². The van der Waals surface area contributed by atoms with Gasteiger partial charge < -0.3 is 0 Å². The van der Waals surface area contributed by atoms with Crippen molar-refractivity contribution in [2.45, 2.75) is 24.8 Å². The van der Waals surface area contributed by atoms with Gasteiger partial charge in [0.2, 0.25) is 0 Å². The normalized spacial score (nSPS) is 15.6. The molecular formula is C10H14OSe. The van der Waals surface area contributed by atoms with Crippen molar-refractivity contribution in [2.75, 3.05) is 0 Å². The van der Waals surface area contributed by atoms with Gasteiger partial charge in [-0.3, -0.25) is 0 Å². The zero-order valence-electron chi connectivity index (χ0n) is 7.40. The van der Waals surface area contributed by atoms with Crippen LogP contribution < -0.4 is 4.46 Å². The van der Waals surface area contributed by atoms with Gasteiger partial charge in [0.25, 0.3) is 0 Å². The third kappa shape index (κ3) is 2.98. The van der Waals surface area contributed by atoms with Gasteiger partial charge in [0.1, 0.15) is 0 Å². The van der Waals surface area contributed by atoms with Crippen molar-refractivity contribution >= 4 is 19.4 Å². The van der Waals surface area contributed by atoms with Crippen LogP contribution in [0.1, 0.15) is 13.8 Å². The van der Waals surface area contributed by atoms with E-state index in [4.69, 9.17) is 0 Å². The Labute approximate surface area is 80.0 Å². The van der Waals surface area contributed by atoms with E-state index in [1.54, 1.807) is 0 Å². The minimum atomic E-state index is -0.190. The van der Waals surface area contributed by atoms with E-state index in [0.717, 1.165) is 0 Å². The summed E-state index contributed by atoms with van der Waals surface area (Å²) < 4.78 is 1.36. The molecule has 12 heavy (non-hydrogen) atoms. The molecule has 1 N–H and O–H groups in total. The first-order valence-electron chi connectivity index (χ1n) is 4.10. The van der Waals surface area contributed by atoms with E-state index in [-0.39, 0.29) is 6.10 Å². The van der Waals surface area contributed by atoms with E-state index in [1.807, 2.05) is 25.1 Å². The summed E-state index contributed by atoms with van der Waals surface area (Å²) in [5, 5.41) is 9.30. The third-order valence-electron chi connectivity index (χ3n) is 1.74. The Bertz CT molecular complexity index is 221. The molecule has 1 nitrogen and oxygen atoms in total. The first kappa shape index (κ1) is 9.78. The molecule has 2 atom stereocenters. The van der Waals surface area contributed by atoms with E-state index in [2.05, 4.69) is 19.1 Å². The fourth-order valence-electron chi connectivity index (χ4n) is 0.812. The maximum atomic E-state index is 9.30. The molecule has 0 bridgehead atoms. The Hall–Kier alpha value is -0.301. The summed E-state index contributed by atoms with van der Waals surface area (Å²) in [7, 11) is 0. The molecule has 0 heterocycles. The van der Waals surface area contributed by atoms with Crippen molar-refractivity contribution in [1.82, 2.24) is 0 Å². The fraction of sp³-hybridized carbons (Fsp3) is 0.400. The van der Waals surface area contributed by atoms with Crippen LogP contribution in [-0.2, 0) is 0 Å². The Morgan fingerprint density at radius 2 is 1.75 bits per heavy atom. The molecule has 0 fully saturated rings. The third-order valence-corrected chi connectivity index (χ3v) is 4.49. The van der Waals surface area contributed by atoms with Crippen LogP contribution in [0, 0.1) is 0 Å².